The van der Waals surface area contributed by atoms with Crippen molar-refractivity contribution in [3.05, 3.63) is 39.9 Å². The van der Waals surface area contributed by atoms with E-state index in [4.69, 9.17) is 27.9 Å². The fourth-order valence-corrected chi connectivity index (χ4v) is 2.20. The molecule has 0 aliphatic heterocycles. The molecule has 0 fully saturated rings. The summed E-state index contributed by atoms with van der Waals surface area (Å²) < 4.78 is 4.81. The molecule has 0 bridgehead atoms. The highest BCUT2D eigenvalue weighted by molar-refractivity contribution is 6.35. The van der Waals surface area contributed by atoms with Crippen LogP contribution in [0.1, 0.15) is 25.8 Å². The molecule has 2 amide bonds. The van der Waals surface area contributed by atoms with Crippen LogP contribution in [0.15, 0.2) is 24.3 Å². The van der Waals surface area contributed by atoms with Gasteiger partial charge in [0, 0.05) is 22.7 Å². The summed E-state index contributed by atoms with van der Waals surface area (Å²) in [6.07, 6.45) is 3.41. The Morgan fingerprint density at radius 2 is 2.00 bits per heavy atom. The summed E-state index contributed by atoms with van der Waals surface area (Å²) in [7, 11) is 0. The maximum atomic E-state index is 11.7. The van der Waals surface area contributed by atoms with Crippen LogP contribution in [0, 0.1) is 0 Å². The number of hydrogen-bond donors (Lipinski definition) is 2. The van der Waals surface area contributed by atoms with Crippen molar-refractivity contribution in [2.45, 2.75) is 26.3 Å². The highest BCUT2D eigenvalue weighted by Gasteiger charge is 2.15. The average molecular weight is 387 g/mol. The van der Waals surface area contributed by atoms with Crippen LogP contribution < -0.4 is 10.6 Å². The Labute approximate surface area is 156 Å². The van der Waals surface area contributed by atoms with Gasteiger partial charge in [0.1, 0.15) is 6.04 Å². The van der Waals surface area contributed by atoms with Crippen molar-refractivity contribution in [1.29, 1.82) is 0 Å². The second-order valence-electron chi connectivity index (χ2n) is 5.19. The highest BCUT2D eigenvalue weighted by Crippen LogP contribution is 2.21. The molecule has 0 saturated carbocycles. The van der Waals surface area contributed by atoms with Gasteiger partial charge < -0.3 is 15.4 Å². The van der Waals surface area contributed by atoms with Gasteiger partial charge in [-0.3, -0.25) is 9.59 Å². The normalized spacial score (nSPS) is 11.8. The maximum absolute atomic E-state index is 11.7. The quantitative estimate of drug-likeness (QED) is 0.531. The minimum atomic E-state index is -0.707. The maximum Gasteiger partial charge on any atom is 0.331 e. The fourth-order valence-electron chi connectivity index (χ4n) is 1.73. The van der Waals surface area contributed by atoms with Crippen molar-refractivity contribution in [3.8, 4) is 0 Å². The molecular weight excluding hydrogens is 367 g/mol. The molecule has 0 aliphatic carbocycles. The van der Waals surface area contributed by atoms with Crippen molar-refractivity contribution in [3.63, 3.8) is 0 Å². The molecule has 2 N–H and O–H groups in total. The van der Waals surface area contributed by atoms with Crippen LogP contribution in [0.5, 0.6) is 0 Å². The smallest absolute Gasteiger partial charge is 0.331 e. The molecule has 0 radical (unpaired) electrons. The molecule has 8 heteroatoms. The summed E-state index contributed by atoms with van der Waals surface area (Å²) in [6, 6.07) is 4.13. The fraction of sp³-hybridized carbons (Fsp3) is 0.353. The second kappa shape index (κ2) is 10.7. The molecular formula is C17H20Cl2N2O4. The average Bonchev–Trinajstić information content (AvgIpc) is 2.56. The first-order chi connectivity index (χ1) is 11.8. The van der Waals surface area contributed by atoms with E-state index in [9.17, 15) is 14.4 Å². The van der Waals surface area contributed by atoms with Crippen molar-refractivity contribution in [1.82, 2.24) is 10.6 Å². The lowest BCUT2D eigenvalue weighted by molar-refractivity contribution is -0.144. The molecule has 6 nitrogen and oxygen atoms in total. The number of amides is 2. The van der Waals surface area contributed by atoms with Crippen molar-refractivity contribution in [2.75, 3.05) is 13.2 Å². The van der Waals surface area contributed by atoms with E-state index in [2.05, 4.69) is 10.6 Å². The summed E-state index contributed by atoms with van der Waals surface area (Å²) in [5.41, 5.74) is 0.591. The van der Waals surface area contributed by atoms with Crippen LogP contribution in [-0.2, 0) is 19.1 Å². The lowest BCUT2D eigenvalue weighted by atomic mass is 10.2. The van der Waals surface area contributed by atoms with Crippen molar-refractivity contribution in [2.24, 2.45) is 0 Å². The Balaban J connectivity index is 2.41. The molecule has 1 aromatic rings. The molecule has 0 aliphatic rings. The van der Waals surface area contributed by atoms with Crippen LogP contribution in [-0.4, -0.2) is 37.0 Å². The predicted molar refractivity (Wildman–Crippen MR) is 97.4 cm³/mol. The summed E-state index contributed by atoms with van der Waals surface area (Å²) in [5.74, 6) is -1.56. The summed E-state index contributed by atoms with van der Waals surface area (Å²) >= 11 is 11.8. The number of ether oxygens (including phenoxy) is 1. The molecule has 0 unspecified atom stereocenters. The summed E-state index contributed by atoms with van der Waals surface area (Å²) in [4.78, 5) is 34.9. The van der Waals surface area contributed by atoms with E-state index in [1.54, 1.807) is 25.1 Å². The lowest BCUT2D eigenvalue weighted by Crippen LogP contribution is -2.46. The first-order valence-electron chi connectivity index (χ1n) is 7.70. The SMILES string of the molecule is CCCNC(=O)[C@H](C)NC(=O)COC(=O)/C=C/c1ccc(Cl)cc1Cl. The van der Waals surface area contributed by atoms with E-state index in [0.717, 1.165) is 12.5 Å². The van der Waals surface area contributed by atoms with E-state index in [0.29, 0.717) is 22.2 Å². The monoisotopic (exact) mass is 386 g/mol. The molecule has 136 valence electrons. The Morgan fingerprint density at radius 1 is 1.28 bits per heavy atom. The third-order valence-electron chi connectivity index (χ3n) is 3.03. The van der Waals surface area contributed by atoms with Crippen LogP contribution in [0.3, 0.4) is 0 Å². The Hall–Kier alpha value is -2.05. The van der Waals surface area contributed by atoms with Gasteiger partial charge >= 0.3 is 5.97 Å². The van der Waals surface area contributed by atoms with E-state index < -0.39 is 24.5 Å². The largest absolute Gasteiger partial charge is 0.452 e. The molecule has 1 rings (SSSR count). The van der Waals surface area contributed by atoms with E-state index in [1.165, 1.54) is 6.08 Å². The minimum Gasteiger partial charge on any atom is -0.452 e. The van der Waals surface area contributed by atoms with Crippen LogP contribution in [0.2, 0.25) is 10.0 Å². The Morgan fingerprint density at radius 3 is 2.64 bits per heavy atom. The van der Waals surface area contributed by atoms with Gasteiger partial charge in [0.2, 0.25) is 5.91 Å². The molecule has 1 atom stereocenters. The lowest BCUT2D eigenvalue weighted by Gasteiger charge is -2.13. The van der Waals surface area contributed by atoms with Crippen molar-refractivity contribution >= 4 is 47.1 Å². The van der Waals surface area contributed by atoms with Gasteiger partial charge in [-0.2, -0.15) is 0 Å². The van der Waals surface area contributed by atoms with Gasteiger partial charge in [0.25, 0.3) is 5.91 Å². The highest BCUT2D eigenvalue weighted by atomic mass is 35.5. The molecule has 25 heavy (non-hydrogen) atoms. The first kappa shape index (κ1) is 21.0. The van der Waals surface area contributed by atoms with Gasteiger partial charge in [-0.25, -0.2) is 4.79 Å². The van der Waals surface area contributed by atoms with Gasteiger partial charge in [-0.05, 0) is 37.1 Å². The second-order valence-corrected chi connectivity index (χ2v) is 6.03. The van der Waals surface area contributed by atoms with E-state index >= 15 is 0 Å². The molecule has 0 spiro atoms. The molecule has 0 heterocycles. The molecule has 0 aromatic heterocycles. The number of benzene rings is 1. The topological polar surface area (TPSA) is 84.5 Å². The summed E-state index contributed by atoms with van der Waals surface area (Å²) in [6.45, 7) is 3.52. The number of rotatable bonds is 8. The van der Waals surface area contributed by atoms with Gasteiger partial charge in [-0.15, -0.1) is 0 Å². The van der Waals surface area contributed by atoms with Crippen LogP contribution in [0.25, 0.3) is 6.08 Å². The number of nitrogens with one attached hydrogen (secondary N) is 2. The third-order valence-corrected chi connectivity index (χ3v) is 3.59. The minimum absolute atomic E-state index is 0.293. The van der Waals surface area contributed by atoms with E-state index in [-0.39, 0.29) is 5.91 Å². The zero-order chi connectivity index (χ0) is 18.8. The Bertz CT molecular complexity index is 662. The summed E-state index contributed by atoms with van der Waals surface area (Å²) in [5, 5.41) is 5.98. The molecule has 1 aromatic carbocycles. The zero-order valence-electron chi connectivity index (χ0n) is 14.0. The number of esters is 1. The van der Waals surface area contributed by atoms with E-state index in [1.807, 2.05) is 6.92 Å². The number of halogens is 2. The van der Waals surface area contributed by atoms with Crippen LogP contribution >= 0.6 is 23.2 Å². The number of carbonyl (C=O) groups excluding carboxylic acids is 3. The van der Waals surface area contributed by atoms with Gasteiger partial charge in [0.05, 0.1) is 0 Å². The van der Waals surface area contributed by atoms with Gasteiger partial charge in [-0.1, -0.05) is 36.2 Å². The number of carbonyl (C=O) groups is 3. The Kier molecular flexibility index (Phi) is 9.02. The van der Waals surface area contributed by atoms with Crippen LogP contribution in [0.4, 0.5) is 0 Å². The van der Waals surface area contributed by atoms with Crippen molar-refractivity contribution < 1.29 is 19.1 Å². The zero-order valence-corrected chi connectivity index (χ0v) is 15.5. The first-order valence-corrected chi connectivity index (χ1v) is 8.46. The predicted octanol–water partition coefficient (Wildman–Crippen LogP) is 2.58. The van der Waals surface area contributed by atoms with Gasteiger partial charge in [0.15, 0.2) is 6.61 Å². The third kappa shape index (κ3) is 8.05. The molecule has 0 saturated heterocycles. The standard InChI is InChI=1S/C17H20Cl2N2O4/c1-3-8-20-17(24)11(2)21-15(22)10-25-16(23)7-5-12-4-6-13(18)9-14(12)19/h4-7,9,11H,3,8,10H2,1-2H3,(H,20,24)(H,21,22)/b7-5+/t11-/m0/s1. The number of hydrogen-bond acceptors (Lipinski definition) is 4.